The number of amides is 1. The van der Waals surface area contributed by atoms with Crippen molar-refractivity contribution >= 4 is 28.8 Å². The Morgan fingerprint density at radius 3 is 2.89 bits per heavy atom. The maximum atomic E-state index is 13.2. The molecule has 2 fully saturated rings. The summed E-state index contributed by atoms with van der Waals surface area (Å²) >= 11 is 6.20. The first-order valence-electron chi connectivity index (χ1n) is 11.8. The predicted molar refractivity (Wildman–Crippen MR) is 131 cm³/mol. The van der Waals surface area contributed by atoms with Crippen molar-refractivity contribution in [3.63, 3.8) is 0 Å². The first kappa shape index (κ1) is 24.5. The molecule has 1 unspecified atom stereocenters. The number of nitrogens with one attached hydrogen (secondary N) is 1. The van der Waals surface area contributed by atoms with Crippen LogP contribution in [0.25, 0.3) is 16.9 Å². The molecule has 0 saturated carbocycles. The number of rotatable bonds is 8. The SMILES string of the molecule is O=C1[C@@H](n2cc(NC(O)c3cnn4cccnc34)c(-c3cc(Cl)ccc3OC(F)F)n2)CCN1C1COC1. The van der Waals surface area contributed by atoms with Crippen molar-refractivity contribution in [1.82, 2.24) is 29.3 Å². The van der Waals surface area contributed by atoms with Crippen molar-refractivity contribution in [3.05, 3.63) is 59.6 Å². The Balaban J connectivity index is 1.40. The van der Waals surface area contributed by atoms with E-state index < -0.39 is 18.9 Å². The summed E-state index contributed by atoms with van der Waals surface area (Å²) in [5.74, 6) is -0.266. The van der Waals surface area contributed by atoms with Crippen LogP contribution in [0.4, 0.5) is 14.5 Å². The number of benzene rings is 1. The van der Waals surface area contributed by atoms with Crippen molar-refractivity contribution in [1.29, 1.82) is 0 Å². The van der Waals surface area contributed by atoms with Crippen LogP contribution in [0.3, 0.4) is 0 Å². The van der Waals surface area contributed by atoms with Crippen molar-refractivity contribution in [3.8, 4) is 17.0 Å². The van der Waals surface area contributed by atoms with Gasteiger partial charge in [0.05, 0.1) is 36.7 Å². The van der Waals surface area contributed by atoms with Gasteiger partial charge in [0.15, 0.2) is 11.9 Å². The highest BCUT2D eigenvalue weighted by atomic mass is 35.5. The van der Waals surface area contributed by atoms with E-state index in [1.54, 1.807) is 29.6 Å². The summed E-state index contributed by atoms with van der Waals surface area (Å²) in [4.78, 5) is 19.2. The van der Waals surface area contributed by atoms with Gasteiger partial charge in [-0.05, 0) is 30.7 Å². The van der Waals surface area contributed by atoms with Crippen molar-refractivity contribution < 1.29 is 28.2 Å². The number of nitrogens with zero attached hydrogens (tertiary/aromatic N) is 6. The van der Waals surface area contributed by atoms with Gasteiger partial charge < -0.3 is 24.8 Å². The van der Waals surface area contributed by atoms with Crippen molar-refractivity contribution in [2.24, 2.45) is 0 Å². The second-order valence-corrected chi connectivity index (χ2v) is 9.39. The molecule has 2 atom stereocenters. The summed E-state index contributed by atoms with van der Waals surface area (Å²) in [6.07, 6.45) is 5.50. The number of ether oxygens (including phenoxy) is 2. The molecule has 2 saturated heterocycles. The number of hydrogen-bond donors (Lipinski definition) is 2. The smallest absolute Gasteiger partial charge is 0.387 e. The molecular weight excluding hydrogens is 524 g/mol. The highest BCUT2D eigenvalue weighted by molar-refractivity contribution is 6.31. The molecule has 2 aliphatic rings. The van der Waals surface area contributed by atoms with Gasteiger partial charge in [-0.2, -0.15) is 19.0 Å². The molecule has 11 nitrogen and oxygen atoms in total. The fraction of sp³-hybridized carbons (Fsp3) is 0.333. The van der Waals surface area contributed by atoms with Crippen LogP contribution in [0.5, 0.6) is 5.75 Å². The van der Waals surface area contributed by atoms with E-state index in [1.165, 1.54) is 33.6 Å². The molecule has 6 rings (SSSR count). The van der Waals surface area contributed by atoms with Gasteiger partial charge in [0.25, 0.3) is 0 Å². The van der Waals surface area contributed by atoms with E-state index in [0.29, 0.717) is 37.4 Å². The van der Waals surface area contributed by atoms with E-state index in [0.717, 1.165) is 0 Å². The lowest BCUT2D eigenvalue weighted by Crippen LogP contribution is -2.50. The van der Waals surface area contributed by atoms with Gasteiger partial charge >= 0.3 is 6.61 Å². The second-order valence-electron chi connectivity index (χ2n) is 8.95. The van der Waals surface area contributed by atoms with Gasteiger partial charge in [0.2, 0.25) is 5.91 Å². The summed E-state index contributed by atoms with van der Waals surface area (Å²) in [7, 11) is 0. The van der Waals surface area contributed by atoms with Crippen LogP contribution in [-0.2, 0) is 9.53 Å². The molecule has 1 aromatic carbocycles. The Bertz CT molecular complexity index is 1490. The maximum absolute atomic E-state index is 13.2. The Labute approximate surface area is 219 Å². The molecule has 2 N–H and O–H groups in total. The van der Waals surface area contributed by atoms with Crippen LogP contribution in [0.2, 0.25) is 5.02 Å². The van der Waals surface area contributed by atoms with E-state index in [4.69, 9.17) is 21.1 Å². The topological polar surface area (TPSA) is 119 Å². The summed E-state index contributed by atoms with van der Waals surface area (Å²) in [6, 6.07) is 5.30. The Kier molecular flexibility index (Phi) is 6.33. The fourth-order valence-corrected chi connectivity index (χ4v) is 4.88. The van der Waals surface area contributed by atoms with E-state index in [-0.39, 0.29) is 39.7 Å². The van der Waals surface area contributed by atoms with Crippen molar-refractivity contribution in [2.45, 2.75) is 31.3 Å². The zero-order valence-electron chi connectivity index (χ0n) is 19.7. The third-order valence-corrected chi connectivity index (χ3v) is 6.87. The number of alkyl halides is 2. The first-order chi connectivity index (χ1) is 18.4. The molecule has 0 spiro atoms. The van der Waals surface area contributed by atoms with Crippen LogP contribution in [-0.4, -0.2) is 72.7 Å². The molecule has 5 heterocycles. The Morgan fingerprint density at radius 2 is 2.13 bits per heavy atom. The molecule has 0 bridgehead atoms. The minimum Gasteiger partial charge on any atom is -0.434 e. The fourth-order valence-electron chi connectivity index (χ4n) is 4.70. The number of likely N-dealkylation sites (tertiary alicyclic amines) is 1. The second kappa shape index (κ2) is 9.82. The lowest BCUT2D eigenvalue weighted by molar-refractivity contribution is -0.141. The highest BCUT2D eigenvalue weighted by Gasteiger charge is 2.40. The summed E-state index contributed by atoms with van der Waals surface area (Å²) < 4.78 is 39.4. The first-order valence-corrected chi connectivity index (χ1v) is 12.2. The summed E-state index contributed by atoms with van der Waals surface area (Å²) in [5, 5.41) is 23.1. The zero-order valence-corrected chi connectivity index (χ0v) is 20.5. The standard InChI is InChI=1S/C24H22ClF2N7O4/c25-13-2-3-19(38-24(26)27)15(8-13)20-17(30-22(35)16-9-29-33-6-1-5-28-21(16)33)10-34(31-20)18-4-7-32(23(18)36)14-11-37-12-14/h1-3,5-6,8-10,14,18,22,24,30,35H,4,7,11-12H2/t18-,22?/m0/s1. The molecule has 38 heavy (non-hydrogen) atoms. The summed E-state index contributed by atoms with van der Waals surface area (Å²) in [6.45, 7) is -1.56. The quantitative estimate of drug-likeness (QED) is 0.324. The zero-order chi connectivity index (χ0) is 26.4. The van der Waals surface area contributed by atoms with Gasteiger partial charge in [0.1, 0.15) is 17.5 Å². The number of carbonyl (C=O) groups excluding carboxylic acids is 1. The Morgan fingerprint density at radius 1 is 1.29 bits per heavy atom. The van der Waals surface area contributed by atoms with Gasteiger partial charge in [-0.15, -0.1) is 0 Å². The van der Waals surface area contributed by atoms with Crippen LogP contribution in [0.1, 0.15) is 24.3 Å². The molecule has 3 aromatic heterocycles. The average molecular weight is 546 g/mol. The lowest BCUT2D eigenvalue weighted by Gasteiger charge is -2.34. The Hall–Kier alpha value is -3.81. The number of aliphatic hydroxyl groups is 1. The molecule has 4 aromatic rings. The van der Waals surface area contributed by atoms with Crippen LogP contribution < -0.4 is 10.1 Å². The lowest BCUT2D eigenvalue weighted by atomic mass is 10.1. The molecule has 198 valence electrons. The highest BCUT2D eigenvalue weighted by Crippen LogP contribution is 2.39. The summed E-state index contributed by atoms with van der Waals surface area (Å²) in [5.41, 5.74) is 1.42. The minimum atomic E-state index is -3.08. The van der Waals surface area contributed by atoms with E-state index in [2.05, 4.69) is 20.5 Å². The predicted octanol–water partition coefficient (Wildman–Crippen LogP) is 3.12. The molecule has 0 radical (unpaired) electrons. The minimum absolute atomic E-state index is 0.0315. The number of hydrogen-bond acceptors (Lipinski definition) is 8. The van der Waals surface area contributed by atoms with Crippen LogP contribution >= 0.6 is 11.6 Å². The van der Waals surface area contributed by atoms with Gasteiger partial charge in [-0.25, -0.2) is 9.50 Å². The normalized spacial score (nSPS) is 18.8. The van der Waals surface area contributed by atoms with Gasteiger partial charge in [-0.3, -0.25) is 9.48 Å². The van der Waals surface area contributed by atoms with Gasteiger partial charge in [-0.1, -0.05) is 11.6 Å². The van der Waals surface area contributed by atoms with Crippen LogP contribution in [0, 0.1) is 0 Å². The third kappa shape index (κ3) is 4.42. The molecule has 14 heteroatoms. The van der Waals surface area contributed by atoms with E-state index >= 15 is 0 Å². The van der Waals surface area contributed by atoms with E-state index in [9.17, 15) is 18.7 Å². The van der Waals surface area contributed by atoms with Crippen LogP contribution in [0.15, 0.2) is 49.1 Å². The molecule has 0 aliphatic carbocycles. The molecule has 1 amide bonds. The number of carbonyl (C=O) groups is 1. The maximum Gasteiger partial charge on any atom is 0.387 e. The number of halogens is 3. The monoisotopic (exact) mass is 545 g/mol. The largest absolute Gasteiger partial charge is 0.434 e. The van der Waals surface area contributed by atoms with E-state index in [1.807, 2.05) is 0 Å². The van der Waals surface area contributed by atoms with Crippen molar-refractivity contribution in [2.75, 3.05) is 25.1 Å². The number of fused-ring (bicyclic) bond motifs is 1. The molecule has 2 aliphatic heterocycles. The van der Waals surface area contributed by atoms with Gasteiger partial charge in [0, 0.05) is 35.7 Å². The molecular formula is C24H22ClF2N7O4. The number of anilines is 1. The number of aliphatic hydroxyl groups excluding tert-OH is 1. The third-order valence-electron chi connectivity index (χ3n) is 6.63. The number of aromatic nitrogens is 5. The average Bonchev–Trinajstić information content (AvgIpc) is 3.56.